The Labute approximate surface area is 201 Å². The van der Waals surface area contributed by atoms with E-state index >= 15 is 0 Å². The average molecular weight is 471 g/mol. The number of ketones is 1. The van der Waals surface area contributed by atoms with Crippen LogP contribution in [0.25, 0.3) is 0 Å². The van der Waals surface area contributed by atoms with Crippen molar-refractivity contribution in [3.63, 3.8) is 0 Å². The number of halogens is 1. The van der Waals surface area contributed by atoms with E-state index in [0.29, 0.717) is 16.7 Å². The highest BCUT2D eigenvalue weighted by atomic mass is 19.1. The fourth-order valence-corrected chi connectivity index (χ4v) is 3.49. The fourth-order valence-electron chi connectivity index (χ4n) is 3.49. The molecule has 2 aromatic rings. The standard InChI is InChI=1S/C27H35FN2O4/c1-17-11-10-13-19(23(17)24(32)30-26(2,3)4)16-22(31)21(29-25(33)34-27(5,6)7)15-18-12-8-9-14-20(18)28/h8-14,21H,15-16H2,1-7H3,(H,29,33)(H,30,32)/t21-/m1/s1. The van der Waals surface area contributed by atoms with Gasteiger partial charge in [-0.2, -0.15) is 0 Å². The number of amides is 2. The smallest absolute Gasteiger partial charge is 0.408 e. The van der Waals surface area contributed by atoms with Crippen LogP contribution in [-0.4, -0.2) is 35.0 Å². The van der Waals surface area contributed by atoms with Crippen LogP contribution in [0.15, 0.2) is 42.5 Å². The molecule has 0 saturated heterocycles. The summed E-state index contributed by atoms with van der Waals surface area (Å²) in [6.45, 7) is 12.6. The van der Waals surface area contributed by atoms with Crippen LogP contribution in [0.3, 0.4) is 0 Å². The van der Waals surface area contributed by atoms with Crippen LogP contribution in [-0.2, 0) is 22.4 Å². The lowest BCUT2D eigenvalue weighted by Crippen LogP contribution is -2.45. The molecular weight excluding hydrogens is 435 g/mol. The second-order valence-electron chi connectivity index (χ2n) is 10.5. The zero-order valence-electron chi connectivity index (χ0n) is 21.0. The molecule has 34 heavy (non-hydrogen) atoms. The molecule has 0 aliphatic rings. The molecule has 0 unspecified atom stereocenters. The first-order valence-electron chi connectivity index (χ1n) is 11.3. The van der Waals surface area contributed by atoms with Gasteiger partial charge in [-0.1, -0.05) is 36.4 Å². The van der Waals surface area contributed by atoms with Gasteiger partial charge in [0.1, 0.15) is 11.4 Å². The number of hydrogen-bond donors (Lipinski definition) is 2. The van der Waals surface area contributed by atoms with Gasteiger partial charge < -0.3 is 15.4 Å². The number of hydrogen-bond acceptors (Lipinski definition) is 4. The highest BCUT2D eigenvalue weighted by Gasteiger charge is 2.27. The summed E-state index contributed by atoms with van der Waals surface area (Å²) in [6, 6.07) is 10.4. The van der Waals surface area contributed by atoms with Crippen LogP contribution in [0.1, 0.15) is 68.6 Å². The molecule has 184 valence electrons. The van der Waals surface area contributed by atoms with Crippen molar-refractivity contribution < 1.29 is 23.5 Å². The van der Waals surface area contributed by atoms with E-state index in [9.17, 15) is 18.8 Å². The summed E-state index contributed by atoms with van der Waals surface area (Å²) in [5.74, 6) is -1.10. The van der Waals surface area contributed by atoms with Crippen molar-refractivity contribution in [2.75, 3.05) is 0 Å². The Bertz CT molecular complexity index is 1050. The van der Waals surface area contributed by atoms with Crippen molar-refractivity contribution in [1.82, 2.24) is 10.6 Å². The summed E-state index contributed by atoms with van der Waals surface area (Å²) in [6.07, 6.45) is -0.916. The zero-order chi connectivity index (χ0) is 25.7. The van der Waals surface area contributed by atoms with Crippen LogP contribution in [0.5, 0.6) is 0 Å². The molecule has 0 aromatic heterocycles. The molecule has 0 heterocycles. The van der Waals surface area contributed by atoms with Gasteiger partial charge in [-0.25, -0.2) is 9.18 Å². The molecular formula is C27H35FN2O4. The molecule has 0 radical (unpaired) electrons. The van der Waals surface area contributed by atoms with Crippen LogP contribution >= 0.6 is 0 Å². The Kier molecular flexibility index (Phi) is 8.59. The van der Waals surface area contributed by atoms with Crippen LogP contribution in [0.4, 0.5) is 9.18 Å². The molecule has 0 aliphatic heterocycles. The molecule has 2 N–H and O–H groups in total. The molecule has 0 aliphatic carbocycles. The lowest BCUT2D eigenvalue weighted by atomic mass is 9.92. The molecule has 0 fully saturated rings. The number of nitrogens with one attached hydrogen (secondary N) is 2. The quantitative estimate of drug-likeness (QED) is 0.602. The molecule has 0 bridgehead atoms. The van der Waals surface area contributed by atoms with Crippen LogP contribution in [0.2, 0.25) is 0 Å². The van der Waals surface area contributed by atoms with Gasteiger partial charge in [-0.3, -0.25) is 9.59 Å². The molecule has 2 amide bonds. The van der Waals surface area contributed by atoms with Gasteiger partial charge >= 0.3 is 6.09 Å². The van der Waals surface area contributed by atoms with E-state index in [1.807, 2.05) is 20.8 Å². The average Bonchev–Trinajstić information content (AvgIpc) is 2.66. The number of carbonyl (C=O) groups is 3. The number of carbonyl (C=O) groups excluding carboxylic acids is 3. The lowest BCUT2D eigenvalue weighted by Gasteiger charge is -2.24. The van der Waals surface area contributed by atoms with E-state index in [4.69, 9.17) is 4.74 Å². The Morgan fingerprint density at radius 3 is 2.15 bits per heavy atom. The van der Waals surface area contributed by atoms with Gasteiger partial charge in [0.15, 0.2) is 5.78 Å². The first-order chi connectivity index (χ1) is 15.7. The topological polar surface area (TPSA) is 84.5 Å². The molecule has 7 heteroatoms. The Hall–Kier alpha value is -3.22. The van der Waals surface area contributed by atoms with Crippen molar-refractivity contribution in [3.8, 4) is 0 Å². The third-order valence-corrected chi connectivity index (χ3v) is 4.90. The molecule has 0 spiro atoms. The minimum Gasteiger partial charge on any atom is -0.444 e. The SMILES string of the molecule is Cc1cccc(CC(=O)[C@@H](Cc2ccccc2F)NC(=O)OC(C)(C)C)c1C(=O)NC(C)(C)C. The maximum absolute atomic E-state index is 14.3. The lowest BCUT2D eigenvalue weighted by molar-refractivity contribution is -0.120. The summed E-state index contributed by atoms with van der Waals surface area (Å²) in [5, 5.41) is 5.53. The van der Waals surface area contributed by atoms with E-state index in [1.54, 1.807) is 64.1 Å². The highest BCUT2D eigenvalue weighted by Crippen LogP contribution is 2.19. The maximum atomic E-state index is 14.3. The van der Waals surface area contributed by atoms with Crippen molar-refractivity contribution in [2.45, 2.75) is 78.5 Å². The van der Waals surface area contributed by atoms with Crippen molar-refractivity contribution in [1.29, 1.82) is 0 Å². The van der Waals surface area contributed by atoms with Crippen molar-refractivity contribution in [2.24, 2.45) is 0 Å². The van der Waals surface area contributed by atoms with Gasteiger partial charge in [0.2, 0.25) is 0 Å². The Morgan fingerprint density at radius 1 is 0.941 bits per heavy atom. The third kappa shape index (κ3) is 8.28. The molecule has 2 rings (SSSR count). The van der Waals surface area contributed by atoms with E-state index in [2.05, 4.69) is 10.6 Å². The molecule has 1 atom stereocenters. The second-order valence-corrected chi connectivity index (χ2v) is 10.5. The number of benzene rings is 2. The highest BCUT2D eigenvalue weighted by molar-refractivity contribution is 5.99. The summed E-state index contributed by atoms with van der Waals surface area (Å²) in [5.41, 5.74) is 0.782. The Morgan fingerprint density at radius 2 is 1.56 bits per heavy atom. The second kappa shape index (κ2) is 10.8. The van der Waals surface area contributed by atoms with E-state index in [0.717, 1.165) is 5.56 Å². The van der Waals surface area contributed by atoms with Crippen molar-refractivity contribution in [3.05, 3.63) is 70.5 Å². The number of Topliss-reactive ketones (excluding diaryl/α,β-unsaturated/α-hetero) is 1. The van der Waals surface area contributed by atoms with Crippen molar-refractivity contribution >= 4 is 17.8 Å². The van der Waals surface area contributed by atoms with Gasteiger partial charge in [-0.15, -0.1) is 0 Å². The summed E-state index contributed by atoms with van der Waals surface area (Å²) in [4.78, 5) is 38.8. The molecule has 2 aromatic carbocycles. The number of rotatable bonds is 7. The summed E-state index contributed by atoms with van der Waals surface area (Å²) >= 11 is 0. The maximum Gasteiger partial charge on any atom is 0.408 e. The van der Waals surface area contributed by atoms with Gasteiger partial charge in [0.05, 0.1) is 6.04 Å². The first kappa shape index (κ1) is 27.0. The fraction of sp³-hybridized carbons (Fsp3) is 0.444. The van der Waals surface area contributed by atoms with Gasteiger partial charge in [0.25, 0.3) is 5.91 Å². The number of ether oxygens (including phenoxy) is 1. The molecule has 6 nitrogen and oxygen atoms in total. The number of alkyl carbamates (subject to hydrolysis) is 1. The zero-order valence-corrected chi connectivity index (χ0v) is 21.0. The largest absolute Gasteiger partial charge is 0.444 e. The number of aryl methyl sites for hydroxylation is 1. The van der Waals surface area contributed by atoms with E-state index in [-0.39, 0.29) is 24.5 Å². The van der Waals surface area contributed by atoms with Gasteiger partial charge in [-0.05, 0) is 71.2 Å². The Balaban J connectivity index is 2.35. The van der Waals surface area contributed by atoms with Crippen LogP contribution in [0, 0.1) is 12.7 Å². The third-order valence-electron chi connectivity index (χ3n) is 4.90. The minimum atomic E-state index is -1.04. The monoisotopic (exact) mass is 470 g/mol. The predicted molar refractivity (Wildman–Crippen MR) is 130 cm³/mol. The minimum absolute atomic E-state index is 0.0416. The first-order valence-corrected chi connectivity index (χ1v) is 11.3. The normalized spacial score (nSPS) is 12.6. The molecule has 0 saturated carbocycles. The van der Waals surface area contributed by atoms with Gasteiger partial charge in [0, 0.05) is 23.9 Å². The van der Waals surface area contributed by atoms with E-state index in [1.165, 1.54) is 6.07 Å². The summed E-state index contributed by atoms with van der Waals surface area (Å²) in [7, 11) is 0. The van der Waals surface area contributed by atoms with Crippen LogP contribution < -0.4 is 10.6 Å². The van der Waals surface area contributed by atoms with E-state index < -0.39 is 29.1 Å². The summed E-state index contributed by atoms with van der Waals surface area (Å²) < 4.78 is 19.6. The predicted octanol–water partition coefficient (Wildman–Crippen LogP) is 4.91.